The van der Waals surface area contributed by atoms with E-state index >= 15 is 0 Å². The fourth-order valence-electron chi connectivity index (χ4n) is 2.13. The maximum Gasteiger partial charge on any atom is 0.230 e. The first-order chi connectivity index (χ1) is 11.6. The van der Waals surface area contributed by atoms with E-state index in [4.69, 9.17) is 4.74 Å². The molecule has 24 heavy (non-hydrogen) atoms. The van der Waals surface area contributed by atoms with Crippen LogP contribution in [-0.2, 0) is 10.5 Å². The van der Waals surface area contributed by atoms with Crippen LogP contribution in [0.4, 0.5) is 0 Å². The van der Waals surface area contributed by atoms with Gasteiger partial charge in [0.25, 0.3) is 0 Å². The van der Waals surface area contributed by atoms with Crippen molar-refractivity contribution in [2.45, 2.75) is 19.6 Å². The first-order valence-electron chi connectivity index (χ1n) is 7.84. The molecule has 128 valence electrons. The largest absolute Gasteiger partial charge is 0.491 e. The number of aryl methyl sites for hydroxylation is 1. The summed E-state index contributed by atoms with van der Waals surface area (Å²) in [5, 5.41) is 2.89. The molecule has 5 heteroatoms. The number of carbonyl (C=O) groups is 1. The average Bonchev–Trinajstić information content (AvgIpc) is 2.57. The van der Waals surface area contributed by atoms with Gasteiger partial charge in [0.2, 0.25) is 5.91 Å². The predicted molar refractivity (Wildman–Crippen MR) is 105 cm³/mol. The average molecular weight is 408 g/mol. The number of hydrogen-bond acceptors (Lipinski definition) is 3. The zero-order valence-electron chi connectivity index (χ0n) is 14.0. The smallest absolute Gasteiger partial charge is 0.230 e. The molecule has 0 fully saturated rings. The molecule has 2 aromatic carbocycles. The summed E-state index contributed by atoms with van der Waals surface area (Å²) < 4.78 is 6.79. The highest BCUT2D eigenvalue weighted by Crippen LogP contribution is 2.20. The van der Waals surface area contributed by atoms with Gasteiger partial charge in [0.1, 0.15) is 12.4 Å². The SMILES string of the molecule is Cc1cccc(OCCNC(=O)CSCc2ccc(Br)cc2)c1C. The Morgan fingerprint density at radius 3 is 2.67 bits per heavy atom. The molecule has 0 aliphatic carbocycles. The van der Waals surface area contributed by atoms with Gasteiger partial charge in [-0.3, -0.25) is 4.79 Å². The maximum absolute atomic E-state index is 11.8. The van der Waals surface area contributed by atoms with E-state index in [1.54, 1.807) is 11.8 Å². The summed E-state index contributed by atoms with van der Waals surface area (Å²) in [5.74, 6) is 2.22. The molecule has 0 unspecified atom stereocenters. The van der Waals surface area contributed by atoms with Gasteiger partial charge in [-0.1, -0.05) is 40.2 Å². The molecule has 1 amide bonds. The van der Waals surface area contributed by atoms with E-state index in [1.165, 1.54) is 11.1 Å². The van der Waals surface area contributed by atoms with Crippen molar-refractivity contribution < 1.29 is 9.53 Å². The Morgan fingerprint density at radius 1 is 1.17 bits per heavy atom. The Kier molecular flexibility index (Phi) is 7.66. The van der Waals surface area contributed by atoms with E-state index in [1.807, 2.05) is 31.2 Å². The van der Waals surface area contributed by atoms with Gasteiger partial charge in [0, 0.05) is 10.2 Å². The Balaban J connectivity index is 1.61. The second kappa shape index (κ2) is 9.74. The zero-order chi connectivity index (χ0) is 17.4. The van der Waals surface area contributed by atoms with Crippen LogP contribution in [0, 0.1) is 13.8 Å². The second-order valence-electron chi connectivity index (χ2n) is 5.52. The number of ether oxygens (including phenoxy) is 1. The molecular weight excluding hydrogens is 386 g/mol. The van der Waals surface area contributed by atoms with Crippen molar-refractivity contribution in [1.29, 1.82) is 0 Å². The summed E-state index contributed by atoms with van der Waals surface area (Å²) in [6, 6.07) is 14.2. The first-order valence-corrected chi connectivity index (χ1v) is 9.79. The summed E-state index contributed by atoms with van der Waals surface area (Å²) >= 11 is 5.03. The van der Waals surface area contributed by atoms with Gasteiger partial charge in [-0.15, -0.1) is 11.8 Å². The molecule has 0 aliphatic rings. The molecule has 2 aromatic rings. The number of rotatable bonds is 8. The predicted octanol–water partition coefficient (Wildman–Crippen LogP) is 4.49. The van der Waals surface area contributed by atoms with E-state index < -0.39 is 0 Å². The van der Waals surface area contributed by atoms with E-state index in [2.05, 4.69) is 46.4 Å². The molecule has 3 nitrogen and oxygen atoms in total. The third-order valence-electron chi connectivity index (χ3n) is 3.65. The highest BCUT2D eigenvalue weighted by molar-refractivity contribution is 9.10. The van der Waals surface area contributed by atoms with Gasteiger partial charge in [-0.05, 0) is 48.7 Å². The molecule has 0 bridgehead atoms. The van der Waals surface area contributed by atoms with Gasteiger partial charge >= 0.3 is 0 Å². The first kappa shape index (κ1) is 18.9. The minimum absolute atomic E-state index is 0.0432. The fraction of sp³-hybridized carbons (Fsp3) is 0.316. The van der Waals surface area contributed by atoms with Gasteiger partial charge < -0.3 is 10.1 Å². The van der Waals surface area contributed by atoms with E-state index in [-0.39, 0.29) is 5.91 Å². The number of benzene rings is 2. The van der Waals surface area contributed by atoms with Crippen molar-refractivity contribution in [2.75, 3.05) is 18.9 Å². The van der Waals surface area contributed by atoms with Crippen LogP contribution >= 0.6 is 27.7 Å². The van der Waals surface area contributed by atoms with Crippen LogP contribution in [0.2, 0.25) is 0 Å². The number of amides is 1. The van der Waals surface area contributed by atoms with Crippen molar-refractivity contribution >= 4 is 33.6 Å². The van der Waals surface area contributed by atoms with Gasteiger partial charge in [-0.25, -0.2) is 0 Å². The van der Waals surface area contributed by atoms with Crippen molar-refractivity contribution in [3.63, 3.8) is 0 Å². The second-order valence-corrected chi connectivity index (χ2v) is 7.42. The van der Waals surface area contributed by atoms with Crippen molar-refractivity contribution in [3.8, 4) is 5.75 Å². The Hall–Kier alpha value is -1.46. The molecule has 0 atom stereocenters. The Morgan fingerprint density at radius 2 is 1.92 bits per heavy atom. The van der Waals surface area contributed by atoms with Crippen LogP contribution in [0.1, 0.15) is 16.7 Å². The standard InChI is InChI=1S/C19H22BrNO2S/c1-14-4-3-5-18(15(14)2)23-11-10-21-19(22)13-24-12-16-6-8-17(20)9-7-16/h3-9H,10-13H2,1-2H3,(H,21,22). The van der Waals surface area contributed by atoms with Crippen LogP contribution in [0.25, 0.3) is 0 Å². The van der Waals surface area contributed by atoms with Gasteiger partial charge in [0.05, 0.1) is 12.3 Å². The molecule has 0 saturated heterocycles. The third-order valence-corrected chi connectivity index (χ3v) is 5.18. The molecule has 0 spiro atoms. The molecular formula is C19H22BrNO2S. The summed E-state index contributed by atoms with van der Waals surface area (Å²) in [5.41, 5.74) is 3.57. The number of nitrogens with one attached hydrogen (secondary N) is 1. The number of halogens is 1. The lowest BCUT2D eigenvalue weighted by molar-refractivity contribution is -0.118. The van der Waals surface area contributed by atoms with E-state index in [0.29, 0.717) is 18.9 Å². The summed E-state index contributed by atoms with van der Waals surface area (Å²) in [6.45, 7) is 5.10. The lowest BCUT2D eigenvalue weighted by Gasteiger charge is -2.11. The summed E-state index contributed by atoms with van der Waals surface area (Å²) in [7, 11) is 0. The molecule has 0 saturated carbocycles. The number of carbonyl (C=O) groups excluding carboxylic acids is 1. The normalized spacial score (nSPS) is 10.5. The topological polar surface area (TPSA) is 38.3 Å². The minimum Gasteiger partial charge on any atom is -0.491 e. The van der Waals surface area contributed by atoms with E-state index in [0.717, 1.165) is 21.5 Å². The number of hydrogen-bond donors (Lipinski definition) is 1. The minimum atomic E-state index is 0.0432. The van der Waals surface area contributed by atoms with Crippen LogP contribution in [-0.4, -0.2) is 24.8 Å². The maximum atomic E-state index is 11.8. The third kappa shape index (κ3) is 6.21. The molecule has 0 heterocycles. The Bertz CT molecular complexity index is 674. The lowest BCUT2D eigenvalue weighted by atomic mass is 10.1. The van der Waals surface area contributed by atoms with Crippen molar-refractivity contribution in [3.05, 3.63) is 63.6 Å². The monoisotopic (exact) mass is 407 g/mol. The molecule has 1 N–H and O–H groups in total. The fourth-order valence-corrected chi connectivity index (χ4v) is 3.21. The highest BCUT2D eigenvalue weighted by Gasteiger charge is 2.04. The highest BCUT2D eigenvalue weighted by atomic mass is 79.9. The zero-order valence-corrected chi connectivity index (χ0v) is 16.4. The van der Waals surface area contributed by atoms with Gasteiger partial charge in [-0.2, -0.15) is 0 Å². The molecule has 2 rings (SSSR count). The van der Waals surface area contributed by atoms with Crippen LogP contribution in [0.3, 0.4) is 0 Å². The van der Waals surface area contributed by atoms with Crippen molar-refractivity contribution in [2.24, 2.45) is 0 Å². The van der Waals surface area contributed by atoms with E-state index in [9.17, 15) is 4.79 Å². The molecule has 0 radical (unpaired) electrons. The van der Waals surface area contributed by atoms with Crippen LogP contribution < -0.4 is 10.1 Å². The number of thioether (sulfide) groups is 1. The quantitative estimate of drug-likeness (QED) is 0.654. The van der Waals surface area contributed by atoms with Crippen LogP contribution in [0.5, 0.6) is 5.75 Å². The summed E-state index contributed by atoms with van der Waals surface area (Å²) in [6.07, 6.45) is 0. The van der Waals surface area contributed by atoms with Crippen LogP contribution in [0.15, 0.2) is 46.9 Å². The molecule has 0 aromatic heterocycles. The summed E-state index contributed by atoms with van der Waals surface area (Å²) in [4.78, 5) is 11.8. The molecule has 0 aliphatic heterocycles. The van der Waals surface area contributed by atoms with Crippen molar-refractivity contribution in [1.82, 2.24) is 5.32 Å². The Labute approximate surface area is 156 Å². The lowest BCUT2D eigenvalue weighted by Crippen LogP contribution is -2.29. The van der Waals surface area contributed by atoms with Gasteiger partial charge in [0.15, 0.2) is 0 Å².